The number of thiazole rings is 1. The average molecular weight is 387 g/mol. The van der Waals surface area contributed by atoms with Crippen LogP contribution in [0.1, 0.15) is 29.0 Å². The number of aromatic nitrogens is 1. The Balaban J connectivity index is 1.65. The van der Waals surface area contributed by atoms with E-state index in [0.29, 0.717) is 37.3 Å². The fourth-order valence-electron chi connectivity index (χ4n) is 3.50. The number of anilines is 1. The summed E-state index contributed by atoms with van der Waals surface area (Å²) in [5.74, 6) is -0.983. The molecular formula is C19H21N3O4S. The monoisotopic (exact) mass is 387 g/mol. The number of aliphatic carboxylic acids is 1. The molecule has 142 valence electrons. The highest BCUT2D eigenvalue weighted by Crippen LogP contribution is 2.35. The number of benzene rings is 1. The lowest BCUT2D eigenvalue weighted by Crippen LogP contribution is -2.40. The lowest BCUT2D eigenvalue weighted by molar-refractivity contribution is -0.143. The Morgan fingerprint density at radius 3 is 2.63 bits per heavy atom. The third-order valence-electron chi connectivity index (χ3n) is 5.14. The summed E-state index contributed by atoms with van der Waals surface area (Å²) in [4.78, 5) is 32.3. The number of carbonyl (C=O) groups excluding carboxylic acids is 1. The van der Waals surface area contributed by atoms with Crippen molar-refractivity contribution in [3.8, 4) is 0 Å². The maximum atomic E-state index is 12.9. The van der Waals surface area contributed by atoms with E-state index in [9.17, 15) is 9.59 Å². The minimum Gasteiger partial charge on any atom is -0.481 e. The lowest BCUT2D eigenvalue weighted by Gasteiger charge is -2.29. The van der Waals surface area contributed by atoms with E-state index < -0.39 is 5.97 Å². The molecule has 0 spiro atoms. The summed E-state index contributed by atoms with van der Waals surface area (Å²) in [5.41, 5.74) is 2.37. The van der Waals surface area contributed by atoms with E-state index in [0.717, 1.165) is 26.3 Å². The maximum absolute atomic E-state index is 12.9. The van der Waals surface area contributed by atoms with Crippen LogP contribution < -0.4 is 4.90 Å². The smallest absolute Gasteiger partial charge is 0.306 e. The molecule has 8 heteroatoms. The molecule has 3 aromatic rings. The molecule has 1 saturated heterocycles. The Labute approximate surface area is 160 Å². The topological polar surface area (TPSA) is 86.9 Å². The minimum atomic E-state index is -0.785. The second-order valence-corrected chi connectivity index (χ2v) is 8.18. The van der Waals surface area contributed by atoms with Gasteiger partial charge in [-0.15, -0.1) is 0 Å². The van der Waals surface area contributed by atoms with Crippen molar-refractivity contribution in [1.29, 1.82) is 0 Å². The fraction of sp³-hybridized carbons (Fsp3) is 0.421. The summed E-state index contributed by atoms with van der Waals surface area (Å²) in [6.45, 7) is 2.76. The number of furan rings is 1. The van der Waals surface area contributed by atoms with Gasteiger partial charge in [0.1, 0.15) is 5.58 Å². The molecule has 0 bridgehead atoms. The molecule has 2 aromatic heterocycles. The van der Waals surface area contributed by atoms with Crippen molar-refractivity contribution in [2.24, 2.45) is 5.92 Å². The number of amides is 1. The van der Waals surface area contributed by atoms with Gasteiger partial charge >= 0.3 is 5.97 Å². The Kier molecular flexibility index (Phi) is 4.30. The van der Waals surface area contributed by atoms with Crippen molar-refractivity contribution < 1.29 is 19.1 Å². The number of hydrogen-bond donors (Lipinski definition) is 1. The van der Waals surface area contributed by atoms with Crippen LogP contribution in [0.15, 0.2) is 16.5 Å². The predicted molar refractivity (Wildman–Crippen MR) is 105 cm³/mol. The van der Waals surface area contributed by atoms with Crippen LogP contribution in [0, 0.1) is 12.8 Å². The highest BCUT2D eigenvalue weighted by atomic mass is 32.1. The molecule has 0 saturated carbocycles. The van der Waals surface area contributed by atoms with Crippen molar-refractivity contribution in [3.63, 3.8) is 0 Å². The Bertz CT molecular complexity index is 1040. The van der Waals surface area contributed by atoms with Gasteiger partial charge in [0.05, 0.1) is 16.1 Å². The molecule has 7 nitrogen and oxygen atoms in total. The normalized spacial score (nSPS) is 15.6. The van der Waals surface area contributed by atoms with Crippen LogP contribution in [0.5, 0.6) is 0 Å². The molecule has 4 rings (SSSR count). The van der Waals surface area contributed by atoms with Crippen molar-refractivity contribution >= 4 is 49.5 Å². The molecule has 1 N–H and O–H groups in total. The molecule has 1 amide bonds. The molecular weight excluding hydrogens is 366 g/mol. The number of aryl methyl sites for hydroxylation is 1. The molecule has 1 aliphatic heterocycles. The molecule has 0 atom stereocenters. The third kappa shape index (κ3) is 3.03. The van der Waals surface area contributed by atoms with Gasteiger partial charge in [0.2, 0.25) is 0 Å². The molecule has 0 unspecified atom stereocenters. The lowest BCUT2D eigenvalue weighted by atomic mass is 9.97. The zero-order chi connectivity index (χ0) is 19.3. The third-order valence-corrected chi connectivity index (χ3v) is 6.33. The summed E-state index contributed by atoms with van der Waals surface area (Å²) < 4.78 is 6.94. The number of carbonyl (C=O) groups is 2. The summed E-state index contributed by atoms with van der Waals surface area (Å²) in [7, 11) is 3.91. The van der Waals surface area contributed by atoms with E-state index in [2.05, 4.69) is 4.98 Å². The predicted octanol–water partition coefficient (Wildman–Crippen LogP) is 3.35. The van der Waals surface area contributed by atoms with Gasteiger partial charge in [0, 0.05) is 44.2 Å². The Morgan fingerprint density at radius 1 is 1.30 bits per heavy atom. The van der Waals surface area contributed by atoms with Crippen LogP contribution in [0.3, 0.4) is 0 Å². The second-order valence-electron chi connectivity index (χ2n) is 7.17. The van der Waals surface area contributed by atoms with Gasteiger partial charge in [0.15, 0.2) is 10.9 Å². The van der Waals surface area contributed by atoms with E-state index in [1.54, 1.807) is 16.2 Å². The van der Waals surface area contributed by atoms with Crippen LogP contribution in [0.4, 0.5) is 5.13 Å². The van der Waals surface area contributed by atoms with Gasteiger partial charge in [0.25, 0.3) is 5.91 Å². The molecule has 0 aliphatic carbocycles. The number of hydrogen-bond acceptors (Lipinski definition) is 6. The molecule has 0 radical (unpaired) electrons. The number of fused-ring (bicyclic) bond motifs is 2. The zero-order valence-electron chi connectivity index (χ0n) is 15.5. The van der Waals surface area contributed by atoms with Gasteiger partial charge in [-0.05, 0) is 25.8 Å². The quantitative estimate of drug-likeness (QED) is 0.742. The van der Waals surface area contributed by atoms with Crippen LogP contribution in [0.25, 0.3) is 21.2 Å². The van der Waals surface area contributed by atoms with Crippen LogP contribution in [0.2, 0.25) is 0 Å². The highest BCUT2D eigenvalue weighted by molar-refractivity contribution is 7.22. The number of carboxylic acid groups (broad SMARTS) is 1. The first-order valence-electron chi connectivity index (χ1n) is 8.88. The van der Waals surface area contributed by atoms with E-state index in [-0.39, 0.29) is 11.8 Å². The number of likely N-dealkylation sites (tertiary alicyclic amines) is 1. The summed E-state index contributed by atoms with van der Waals surface area (Å²) >= 11 is 1.58. The first-order valence-corrected chi connectivity index (χ1v) is 9.70. The summed E-state index contributed by atoms with van der Waals surface area (Å²) in [6.07, 6.45) is 0.959. The number of piperidine rings is 1. The Morgan fingerprint density at radius 2 is 2.00 bits per heavy atom. The Hall–Kier alpha value is -2.61. The zero-order valence-corrected chi connectivity index (χ0v) is 16.3. The maximum Gasteiger partial charge on any atom is 0.306 e. The van der Waals surface area contributed by atoms with Gasteiger partial charge in [-0.3, -0.25) is 9.59 Å². The van der Waals surface area contributed by atoms with Crippen molar-refractivity contribution in [3.05, 3.63) is 23.5 Å². The SMILES string of the molecule is Cc1c(C(=O)N2CCC(C(=O)O)CC2)oc2cc3sc(N(C)C)nc3cc12. The average Bonchev–Trinajstić information content (AvgIpc) is 3.20. The first-order chi connectivity index (χ1) is 12.8. The van der Waals surface area contributed by atoms with E-state index >= 15 is 0 Å². The van der Waals surface area contributed by atoms with Gasteiger partial charge in [-0.2, -0.15) is 0 Å². The molecule has 27 heavy (non-hydrogen) atoms. The van der Waals surface area contributed by atoms with Crippen LogP contribution >= 0.6 is 11.3 Å². The number of carboxylic acids is 1. The number of nitrogens with zero attached hydrogens (tertiary/aromatic N) is 3. The second kappa shape index (κ2) is 6.53. The standard InChI is InChI=1S/C19H21N3O4S/c1-10-12-8-13-15(27-19(20-13)21(2)3)9-14(12)26-16(10)17(23)22-6-4-11(5-7-22)18(24)25/h8-9,11H,4-7H2,1-3H3,(H,24,25). The molecule has 1 fully saturated rings. The van der Waals surface area contributed by atoms with Gasteiger partial charge in [-0.25, -0.2) is 4.98 Å². The molecule has 1 aromatic carbocycles. The van der Waals surface area contributed by atoms with Gasteiger partial charge < -0.3 is 19.3 Å². The largest absolute Gasteiger partial charge is 0.481 e. The van der Waals surface area contributed by atoms with Gasteiger partial charge in [-0.1, -0.05) is 11.3 Å². The van der Waals surface area contributed by atoms with Crippen LogP contribution in [-0.2, 0) is 4.79 Å². The molecule has 1 aliphatic rings. The fourth-order valence-corrected chi connectivity index (χ4v) is 4.40. The van der Waals surface area contributed by atoms with Crippen molar-refractivity contribution in [1.82, 2.24) is 9.88 Å². The summed E-state index contributed by atoms with van der Waals surface area (Å²) in [6, 6.07) is 3.91. The summed E-state index contributed by atoms with van der Waals surface area (Å²) in [5, 5.41) is 10.9. The van der Waals surface area contributed by atoms with Crippen molar-refractivity contribution in [2.45, 2.75) is 19.8 Å². The van der Waals surface area contributed by atoms with E-state index in [1.807, 2.05) is 38.1 Å². The number of rotatable bonds is 3. The molecule has 3 heterocycles. The van der Waals surface area contributed by atoms with E-state index in [1.165, 1.54) is 0 Å². The van der Waals surface area contributed by atoms with Crippen molar-refractivity contribution in [2.75, 3.05) is 32.1 Å². The van der Waals surface area contributed by atoms with Crippen LogP contribution in [-0.4, -0.2) is 54.1 Å². The highest BCUT2D eigenvalue weighted by Gasteiger charge is 2.30. The first kappa shape index (κ1) is 17.8. The van der Waals surface area contributed by atoms with E-state index in [4.69, 9.17) is 9.52 Å². The minimum absolute atomic E-state index is 0.169.